The van der Waals surface area contributed by atoms with Crippen molar-refractivity contribution in [3.05, 3.63) is 35.6 Å². The summed E-state index contributed by atoms with van der Waals surface area (Å²) in [6.07, 6.45) is 1.17. The van der Waals surface area contributed by atoms with Crippen molar-refractivity contribution >= 4 is 6.03 Å². The van der Waals surface area contributed by atoms with Crippen LogP contribution in [-0.2, 0) is 0 Å². The predicted molar refractivity (Wildman–Crippen MR) is 76.8 cm³/mol. The van der Waals surface area contributed by atoms with Gasteiger partial charge in [-0.15, -0.1) is 0 Å². The molecule has 0 radical (unpaired) electrons. The Kier molecular flexibility index (Phi) is 7.01. The summed E-state index contributed by atoms with van der Waals surface area (Å²) >= 11 is 0. The van der Waals surface area contributed by atoms with Crippen molar-refractivity contribution in [1.29, 1.82) is 0 Å². The molecular formula is C15H23FN2O2. The Bertz CT molecular complexity index is 407. The van der Waals surface area contributed by atoms with Crippen LogP contribution in [0.3, 0.4) is 0 Å². The van der Waals surface area contributed by atoms with Crippen molar-refractivity contribution < 1.29 is 14.3 Å². The van der Waals surface area contributed by atoms with Gasteiger partial charge in [0.1, 0.15) is 5.82 Å². The number of nitrogens with one attached hydrogen (secondary N) is 2. The summed E-state index contributed by atoms with van der Waals surface area (Å²) in [6.45, 7) is 5.00. The maximum Gasteiger partial charge on any atom is 0.314 e. The van der Waals surface area contributed by atoms with Gasteiger partial charge >= 0.3 is 6.03 Å². The fourth-order valence-corrected chi connectivity index (χ4v) is 1.77. The fourth-order valence-electron chi connectivity index (χ4n) is 1.77. The van der Waals surface area contributed by atoms with Crippen LogP contribution < -0.4 is 10.6 Å². The third-order valence-electron chi connectivity index (χ3n) is 2.95. The summed E-state index contributed by atoms with van der Waals surface area (Å²) in [5, 5.41) is 15.2. The highest BCUT2D eigenvalue weighted by molar-refractivity contribution is 5.73. The maximum atomic E-state index is 12.7. The monoisotopic (exact) mass is 282 g/mol. The van der Waals surface area contributed by atoms with Crippen LogP contribution in [0.25, 0.3) is 0 Å². The highest BCUT2D eigenvalue weighted by atomic mass is 19.1. The molecule has 1 atom stereocenters. The molecular weight excluding hydrogens is 259 g/mol. The molecule has 0 saturated heterocycles. The van der Waals surface area contributed by atoms with E-state index in [1.54, 1.807) is 0 Å². The van der Waals surface area contributed by atoms with Gasteiger partial charge in [-0.25, -0.2) is 9.18 Å². The van der Waals surface area contributed by atoms with Crippen LogP contribution in [0.15, 0.2) is 24.3 Å². The molecule has 1 unspecified atom stereocenters. The molecule has 112 valence electrons. The highest BCUT2D eigenvalue weighted by Crippen LogP contribution is 2.12. The molecule has 0 aliphatic heterocycles. The number of urea groups is 1. The van der Waals surface area contributed by atoms with Crippen LogP contribution in [0.1, 0.15) is 38.4 Å². The standard InChI is InChI=1S/C15H23FN2O2/c1-11(2)4-3-9-17-15(20)18-10-14(19)12-5-7-13(16)8-6-12/h5-8,11,14,19H,3-4,9-10H2,1-2H3,(H2,17,18,20). The first-order valence-corrected chi connectivity index (χ1v) is 6.94. The lowest BCUT2D eigenvalue weighted by Crippen LogP contribution is -2.38. The molecule has 4 nitrogen and oxygen atoms in total. The summed E-state index contributed by atoms with van der Waals surface area (Å²) in [6, 6.07) is 5.27. The van der Waals surface area contributed by atoms with Crippen molar-refractivity contribution in [3.63, 3.8) is 0 Å². The quantitative estimate of drug-likeness (QED) is 0.673. The van der Waals surface area contributed by atoms with E-state index in [4.69, 9.17) is 0 Å². The van der Waals surface area contributed by atoms with Gasteiger partial charge in [-0.2, -0.15) is 0 Å². The second kappa shape index (κ2) is 8.53. The minimum absolute atomic E-state index is 0.0989. The van der Waals surface area contributed by atoms with E-state index >= 15 is 0 Å². The minimum Gasteiger partial charge on any atom is -0.387 e. The van der Waals surface area contributed by atoms with E-state index in [9.17, 15) is 14.3 Å². The minimum atomic E-state index is -0.836. The van der Waals surface area contributed by atoms with Gasteiger partial charge in [0.25, 0.3) is 0 Å². The van der Waals surface area contributed by atoms with Crippen LogP contribution in [0.5, 0.6) is 0 Å². The van der Waals surface area contributed by atoms with Crippen LogP contribution >= 0.6 is 0 Å². The van der Waals surface area contributed by atoms with E-state index < -0.39 is 6.10 Å². The van der Waals surface area contributed by atoms with E-state index in [2.05, 4.69) is 24.5 Å². The van der Waals surface area contributed by atoms with Gasteiger partial charge < -0.3 is 15.7 Å². The predicted octanol–water partition coefficient (Wildman–Crippen LogP) is 2.59. The lowest BCUT2D eigenvalue weighted by molar-refractivity contribution is 0.173. The van der Waals surface area contributed by atoms with Gasteiger partial charge in [-0.3, -0.25) is 0 Å². The van der Waals surface area contributed by atoms with E-state index in [0.717, 1.165) is 12.8 Å². The number of hydrogen-bond acceptors (Lipinski definition) is 2. The zero-order valence-corrected chi connectivity index (χ0v) is 12.0. The van der Waals surface area contributed by atoms with Crippen LogP contribution in [0.4, 0.5) is 9.18 Å². The number of amides is 2. The summed E-state index contributed by atoms with van der Waals surface area (Å²) in [7, 11) is 0. The second-order valence-electron chi connectivity index (χ2n) is 5.24. The largest absolute Gasteiger partial charge is 0.387 e. The van der Waals surface area contributed by atoms with Gasteiger partial charge in [0.2, 0.25) is 0 Å². The fraction of sp³-hybridized carbons (Fsp3) is 0.533. The molecule has 0 aromatic heterocycles. The highest BCUT2D eigenvalue weighted by Gasteiger charge is 2.09. The summed E-state index contributed by atoms with van der Waals surface area (Å²) < 4.78 is 12.7. The third kappa shape index (κ3) is 6.52. The van der Waals surface area contributed by atoms with Gasteiger partial charge in [-0.1, -0.05) is 26.0 Å². The van der Waals surface area contributed by atoms with E-state index in [-0.39, 0.29) is 18.4 Å². The maximum absolute atomic E-state index is 12.7. The molecule has 20 heavy (non-hydrogen) atoms. The molecule has 0 fully saturated rings. The van der Waals surface area contributed by atoms with Crippen LogP contribution in [0, 0.1) is 11.7 Å². The molecule has 0 heterocycles. The average Bonchev–Trinajstić information content (AvgIpc) is 2.41. The normalized spacial score (nSPS) is 12.2. The number of hydrogen-bond donors (Lipinski definition) is 3. The van der Waals surface area contributed by atoms with Gasteiger partial charge in [0.05, 0.1) is 6.10 Å². The molecule has 0 aliphatic carbocycles. The third-order valence-corrected chi connectivity index (χ3v) is 2.95. The molecule has 0 spiro atoms. The molecule has 3 N–H and O–H groups in total. The number of benzene rings is 1. The van der Waals surface area contributed by atoms with Crippen molar-refractivity contribution in [2.24, 2.45) is 5.92 Å². The van der Waals surface area contributed by atoms with E-state index in [1.165, 1.54) is 24.3 Å². The topological polar surface area (TPSA) is 61.4 Å². The molecule has 1 aromatic rings. The first kappa shape index (κ1) is 16.4. The lowest BCUT2D eigenvalue weighted by atomic mass is 10.1. The van der Waals surface area contributed by atoms with Crippen LogP contribution in [0.2, 0.25) is 0 Å². The summed E-state index contributed by atoms with van der Waals surface area (Å²) in [4.78, 5) is 11.5. The Morgan fingerprint density at radius 3 is 2.50 bits per heavy atom. The Balaban J connectivity index is 2.21. The summed E-state index contributed by atoms with van der Waals surface area (Å²) in [5.74, 6) is 0.275. The van der Waals surface area contributed by atoms with Gasteiger partial charge in [0.15, 0.2) is 0 Å². The van der Waals surface area contributed by atoms with E-state index in [1.807, 2.05) is 0 Å². The Hall–Kier alpha value is -1.62. The number of halogens is 1. The molecule has 1 rings (SSSR count). The Labute approximate surface area is 119 Å². The zero-order valence-electron chi connectivity index (χ0n) is 12.0. The first-order chi connectivity index (χ1) is 9.49. The number of carbonyl (C=O) groups is 1. The van der Waals surface area contributed by atoms with Gasteiger partial charge in [-0.05, 0) is 36.5 Å². The number of rotatable bonds is 7. The second-order valence-corrected chi connectivity index (χ2v) is 5.24. The van der Waals surface area contributed by atoms with Crippen molar-refractivity contribution in [1.82, 2.24) is 10.6 Å². The van der Waals surface area contributed by atoms with E-state index in [0.29, 0.717) is 18.0 Å². The van der Waals surface area contributed by atoms with Gasteiger partial charge in [0, 0.05) is 13.1 Å². The molecule has 2 amide bonds. The molecule has 0 aliphatic rings. The lowest BCUT2D eigenvalue weighted by Gasteiger charge is -2.13. The molecule has 1 aromatic carbocycles. The van der Waals surface area contributed by atoms with Crippen LogP contribution in [-0.4, -0.2) is 24.2 Å². The van der Waals surface area contributed by atoms with Crippen molar-refractivity contribution in [3.8, 4) is 0 Å². The summed E-state index contributed by atoms with van der Waals surface area (Å²) in [5.41, 5.74) is 0.575. The molecule has 0 bridgehead atoms. The number of aliphatic hydroxyl groups is 1. The smallest absolute Gasteiger partial charge is 0.314 e. The van der Waals surface area contributed by atoms with Crippen molar-refractivity contribution in [2.75, 3.05) is 13.1 Å². The first-order valence-electron chi connectivity index (χ1n) is 6.94. The average molecular weight is 282 g/mol. The van der Waals surface area contributed by atoms with Crippen molar-refractivity contribution in [2.45, 2.75) is 32.8 Å². The Morgan fingerprint density at radius 1 is 1.25 bits per heavy atom. The molecule has 5 heteroatoms. The SMILES string of the molecule is CC(C)CCCNC(=O)NCC(O)c1ccc(F)cc1. The zero-order chi connectivity index (χ0) is 15.0. The number of carbonyl (C=O) groups excluding carboxylic acids is 1. The Morgan fingerprint density at radius 2 is 1.90 bits per heavy atom. The molecule has 0 saturated carbocycles. The number of aliphatic hydroxyl groups excluding tert-OH is 1.